The topological polar surface area (TPSA) is 41.5 Å². The van der Waals surface area contributed by atoms with E-state index in [-0.39, 0.29) is 24.4 Å². The smallest absolute Gasteiger partial charge is 0.134 e. The fourth-order valence-electron chi connectivity index (χ4n) is 1.47. The van der Waals surface area contributed by atoms with Gasteiger partial charge in [-0.05, 0) is 24.1 Å². The van der Waals surface area contributed by atoms with Crippen molar-refractivity contribution in [3.63, 3.8) is 0 Å². The van der Waals surface area contributed by atoms with E-state index in [1.165, 1.54) is 0 Å². The zero-order chi connectivity index (χ0) is 9.10. The second kappa shape index (κ2) is 5.20. The Labute approximate surface area is 89.5 Å². The maximum atomic E-state index is 9.26. The van der Waals surface area contributed by atoms with Gasteiger partial charge in [-0.25, -0.2) is 0 Å². The molecular formula is C10H14ClNO2. The standard InChI is InChI=1S/C10H13NO2.ClH/c12-9-4-1-3-8(7-9)10-11-5-2-6-13-10;/h1,3-4,7,10-12H,2,5-6H2;1H. The second-order valence-electron chi connectivity index (χ2n) is 3.15. The first-order valence-corrected chi connectivity index (χ1v) is 4.50. The van der Waals surface area contributed by atoms with Gasteiger partial charge in [-0.2, -0.15) is 0 Å². The lowest BCUT2D eigenvalue weighted by Gasteiger charge is -2.24. The Kier molecular flexibility index (Phi) is 4.20. The maximum Gasteiger partial charge on any atom is 0.134 e. The van der Waals surface area contributed by atoms with Crippen LogP contribution in [0.25, 0.3) is 0 Å². The maximum absolute atomic E-state index is 9.26. The molecule has 1 saturated heterocycles. The van der Waals surface area contributed by atoms with E-state index in [1.807, 2.05) is 12.1 Å². The van der Waals surface area contributed by atoms with E-state index in [1.54, 1.807) is 12.1 Å². The molecule has 1 aliphatic heterocycles. The molecule has 2 N–H and O–H groups in total. The van der Waals surface area contributed by atoms with Crippen molar-refractivity contribution in [2.45, 2.75) is 12.6 Å². The molecule has 4 heteroatoms. The highest BCUT2D eigenvalue weighted by molar-refractivity contribution is 5.85. The Balaban J connectivity index is 0.000000980. The van der Waals surface area contributed by atoms with Crippen LogP contribution in [-0.2, 0) is 4.74 Å². The summed E-state index contributed by atoms with van der Waals surface area (Å²) in [5.41, 5.74) is 0.986. The number of rotatable bonds is 1. The Morgan fingerprint density at radius 2 is 2.29 bits per heavy atom. The van der Waals surface area contributed by atoms with Gasteiger partial charge in [0.2, 0.25) is 0 Å². The van der Waals surface area contributed by atoms with Crippen LogP contribution < -0.4 is 5.32 Å². The number of phenolic OH excluding ortho intramolecular Hbond substituents is 1. The van der Waals surface area contributed by atoms with E-state index in [0.717, 1.165) is 25.1 Å². The predicted molar refractivity (Wildman–Crippen MR) is 56.7 cm³/mol. The highest BCUT2D eigenvalue weighted by Gasteiger charge is 2.14. The number of halogens is 1. The molecule has 0 bridgehead atoms. The molecule has 1 aromatic carbocycles. The number of hydrogen-bond acceptors (Lipinski definition) is 3. The Morgan fingerprint density at radius 3 is 2.93 bits per heavy atom. The van der Waals surface area contributed by atoms with Crippen molar-refractivity contribution in [3.05, 3.63) is 29.8 Å². The summed E-state index contributed by atoms with van der Waals surface area (Å²) in [5, 5.41) is 12.5. The van der Waals surface area contributed by atoms with Crippen LogP contribution in [0.3, 0.4) is 0 Å². The summed E-state index contributed by atoms with van der Waals surface area (Å²) in [4.78, 5) is 0. The molecule has 1 unspecified atom stereocenters. The number of aromatic hydroxyl groups is 1. The van der Waals surface area contributed by atoms with Crippen LogP contribution in [0.4, 0.5) is 0 Å². The van der Waals surface area contributed by atoms with E-state index < -0.39 is 0 Å². The molecule has 14 heavy (non-hydrogen) atoms. The van der Waals surface area contributed by atoms with Gasteiger partial charge in [0.05, 0.1) is 6.61 Å². The monoisotopic (exact) mass is 215 g/mol. The highest BCUT2D eigenvalue weighted by atomic mass is 35.5. The average Bonchev–Trinajstić information content (AvgIpc) is 2.19. The third-order valence-corrected chi connectivity index (χ3v) is 2.11. The number of benzene rings is 1. The van der Waals surface area contributed by atoms with Gasteiger partial charge in [0, 0.05) is 6.54 Å². The van der Waals surface area contributed by atoms with Crippen molar-refractivity contribution >= 4 is 12.4 Å². The van der Waals surface area contributed by atoms with Gasteiger partial charge in [-0.3, -0.25) is 5.32 Å². The summed E-state index contributed by atoms with van der Waals surface area (Å²) in [7, 11) is 0. The summed E-state index contributed by atoms with van der Waals surface area (Å²) >= 11 is 0. The molecule has 1 heterocycles. The van der Waals surface area contributed by atoms with Crippen molar-refractivity contribution < 1.29 is 9.84 Å². The van der Waals surface area contributed by atoms with E-state index in [0.29, 0.717) is 0 Å². The number of phenols is 1. The van der Waals surface area contributed by atoms with Crippen LogP contribution in [0, 0.1) is 0 Å². The van der Waals surface area contributed by atoms with Gasteiger partial charge < -0.3 is 9.84 Å². The lowest BCUT2D eigenvalue weighted by Crippen LogP contribution is -2.30. The molecule has 0 aliphatic carbocycles. The highest BCUT2D eigenvalue weighted by Crippen LogP contribution is 2.20. The zero-order valence-corrected chi connectivity index (χ0v) is 8.59. The molecule has 0 saturated carbocycles. The van der Waals surface area contributed by atoms with Gasteiger partial charge in [0.25, 0.3) is 0 Å². The van der Waals surface area contributed by atoms with E-state index in [2.05, 4.69) is 5.32 Å². The average molecular weight is 216 g/mol. The minimum absolute atomic E-state index is 0. The molecule has 1 fully saturated rings. The SMILES string of the molecule is Cl.Oc1cccc(C2NCCCO2)c1. The van der Waals surface area contributed by atoms with E-state index in [4.69, 9.17) is 4.74 Å². The molecule has 1 aromatic rings. The van der Waals surface area contributed by atoms with Crippen molar-refractivity contribution in [1.29, 1.82) is 0 Å². The van der Waals surface area contributed by atoms with Crippen LogP contribution in [-0.4, -0.2) is 18.3 Å². The van der Waals surface area contributed by atoms with Crippen LogP contribution >= 0.6 is 12.4 Å². The molecule has 0 spiro atoms. The van der Waals surface area contributed by atoms with E-state index >= 15 is 0 Å². The predicted octanol–water partition coefficient (Wildman–Crippen LogP) is 1.82. The van der Waals surface area contributed by atoms with Crippen LogP contribution in [0.15, 0.2) is 24.3 Å². The fraction of sp³-hybridized carbons (Fsp3) is 0.400. The van der Waals surface area contributed by atoms with Gasteiger partial charge in [-0.1, -0.05) is 12.1 Å². The van der Waals surface area contributed by atoms with Crippen molar-refractivity contribution in [2.24, 2.45) is 0 Å². The molecule has 78 valence electrons. The normalized spacial score (nSPS) is 21.3. The molecule has 0 radical (unpaired) electrons. The summed E-state index contributed by atoms with van der Waals surface area (Å²) in [5.74, 6) is 0.286. The fourth-order valence-corrected chi connectivity index (χ4v) is 1.47. The van der Waals surface area contributed by atoms with E-state index in [9.17, 15) is 5.11 Å². The Morgan fingerprint density at radius 1 is 1.43 bits per heavy atom. The lowest BCUT2D eigenvalue weighted by molar-refractivity contribution is -0.000421. The summed E-state index contributed by atoms with van der Waals surface area (Å²) in [6, 6.07) is 7.16. The molecule has 0 amide bonds. The van der Waals surface area contributed by atoms with Crippen LogP contribution in [0.1, 0.15) is 18.2 Å². The van der Waals surface area contributed by atoms with Crippen molar-refractivity contribution in [1.82, 2.24) is 5.32 Å². The summed E-state index contributed by atoms with van der Waals surface area (Å²) in [6.07, 6.45) is 0.996. The van der Waals surface area contributed by atoms with Crippen LogP contribution in [0.5, 0.6) is 5.75 Å². The van der Waals surface area contributed by atoms with Crippen LogP contribution in [0.2, 0.25) is 0 Å². The van der Waals surface area contributed by atoms with Gasteiger partial charge in [0.1, 0.15) is 12.0 Å². The summed E-state index contributed by atoms with van der Waals surface area (Å²) < 4.78 is 5.50. The third kappa shape index (κ3) is 2.61. The van der Waals surface area contributed by atoms with Crippen molar-refractivity contribution in [3.8, 4) is 5.75 Å². The largest absolute Gasteiger partial charge is 0.508 e. The first-order chi connectivity index (χ1) is 6.36. The molecule has 1 atom stereocenters. The number of hydrogen-bond donors (Lipinski definition) is 2. The van der Waals surface area contributed by atoms with Gasteiger partial charge >= 0.3 is 0 Å². The minimum Gasteiger partial charge on any atom is -0.508 e. The Bertz CT molecular complexity index is 287. The molecule has 3 nitrogen and oxygen atoms in total. The quantitative estimate of drug-likeness (QED) is 0.751. The Hall–Kier alpha value is -0.770. The third-order valence-electron chi connectivity index (χ3n) is 2.11. The first-order valence-electron chi connectivity index (χ1n) is 4.50. The lowest BCUT2D eigenvalue weighted by atomic mass is 10.1. The molecule has 2 rings (SSSR count). The summed E-state index contributed by atoms with van der Waals surface area (Å²) in [6.45, 7) is 1.76. The zero-order valence-electron chi connectivity index (χ0n) is 7.77. The van der Waals surface area contributed by atoms with Gasteiger partial charge in [0.15, 0.2) is 0 Å². The first kappa shape index (κ1) is 11.3. The van der Waals surface area contributed by atoms with Crippen molar-refractivity contribution in [2.75, 3.05) is 13.2 Å². The number of nitrogens with one attached hydrogen (secondary N) is 1. The van der Waals surface area contributed by atoms with Gasteiger partial charge in [-0.15, -0.1) is 12.4 Å². The minimum atomic E-state index is -0.0548. The molecule has 1 aliphatic rings. The number of ether oxygens (including phenoxy) is 1. The molecular weight excluding hydrogens is 202 g/mol. The molecule has 0 aromatic heterocycles. The second-order valence-corrected chi connectivity index (χ2v) is 3.15.